The third-order valence-electron chi connectivity index (χ3n) is 1.40. The average molecular weight is 295 g/mol. The first kappa shape index (κ1) is 13.8. The van der Waals surface area contributed by atoms with Crippen molar-refractivity contribution in [2.24, 2.45) is 0 Å². The molecule has 0 fully saturated rings. The van der Waals surface area contributed by atoms with E-state index in [4.69, 9.17) is 16.4 Å². The van der Waals surface area contributed by atoms with Crippen LogP contribution >= 0.6 is 10.7 Å². The maximum absolute atomic E-state index is 12.7. The van der Waals surface area contributed by atoms with Gasteiger partial charge in [0.2, 0.25) is 11.8 Å². The molecule has 0 amide bonds. The number of rotatable bonds is 2. The number of nitrogen functional groups attached to an aromatic ring is 1. The van der Waals surface area contributed by atoms with Crippen molar-refractivity contribution in [1.82, 2.24) is 4.98 Å². The van der Waals surface area contributed by atoms with E-state index in [1.807, 2.05) is 0 Å². The van der Waals surface area contributed by atoms with Crippen LogP contribution in [-0.2, 0) is 9.05 Å². The highest BCUT2D eigenvalue weighted by Crippen LogP contribution is 2.34. The van der Waals surface area contributed by atoms with Gasteiger partial charge >= 0.3 is 6.36 Å². The molecule has 0 saturated heterocycles. The van der Waals surface area contributed by atoms with Gasteiger partial charge in [-0.05, 0) is 0 Å². The van der Waals surface area contributed by atoms with E-state index in [2.05, 4.69) is 9.72 Å². The van der Waals surface area contributed by atoms with Gasteiger partial charge in [-0.3, -0.25) is 0 Å². The molecule has 0 bridgehead atoms. The molecule has 0 aliphatic rings. The van der Waals surface area contributed by atoms with Crippen molar-refractivity contribution in [3.05, 3.63) is 12.0 Å². The van der Waals surface area contributed by atoms with Gasteiger partial charge in [-0.1, -0.05) is 0 Å². The van der Waals surface area contributed by atoms with Crippen molar-refractivity contribution in [2.75, 3.05) is 5.73 Å². The Balaban J connectivity index is 3.47. The Morgan fingerprint density at radius 1 is 1.41 bits per heavy atom. The van der Waals surface area contributed by atoms with Crippen LogP contribution in [0.15, 0.2) is 11.0 Å². The monoisotopic (exact) mass is 294 g/mol. The standard InChI is InChI=1S/C6H3ClF4N2O3S/c7-17(14,15)4-2(12)1-3(8)13-5(4)16-6(9,10)11/h1H,(H2,12,13). The van der Waals surface area contributed by atoms with Crippen LogP contribution in [0.25, 0.3) is 0 Å². The SMILES string of the molecule is Nc1cc(F)nc(OC(F)(F)F)c1S(=O)(=O)Cl. The van der Waals surface area contributed by atoms with Gasteiger partial charge in [0.05, 0.1) is 5.69 Å². The van der Waals surface area contributed by atoms with E-state index in [9.17, 15) is 26.0 Å². The number of alkyl halides is 3. The maximum Gasteiger partial charge on any atom is 0.574 e. The second-order valence-electron chi connectivity index (χ2n) is 2.65. The highest BCUT2D eigenvalue weighted by atomic mass is 35.7. The van der Waals surface area contributed by atoms with Crippen LogP contribution in [0, 0.1) is 5.95 Å². The minimum atomic E-state index is -5.26. The number of aromatic nitrogens is 1. The smallest absolute Gasteiger partial charge is 0.397 e. The second kappa shape index (κ2) is 4.18. The summed E-state index contributed by atoms with van der Waals surface area (Å²) in [6, 6.07) is 0.401. The number of nitrogens with zero attached hydrogens (tertiary/aromatic N) is 1. The van der Waals surface area contributed by atoms with E-state index in [0.29, 0.717) is 6.07 Å². The first-order chi connectivity index (χ1) is 7.50. The first-order valence-electron chi connectivity index (χ1n) is 3.67. The van der Waals surface area contributed by atoms with Gasteiger partial charge in [0.25, 0.3) is 9.05 Å². The quantitative estimate of drug-likeness (QED) is 0.509. The number of nitrogens with two attached hydrogens (primary N) is 1. The number of anilines is 1. The summed E-state index contributed by atoms with van der Waals surface area (Å²) in [5.41, 5.74) is 4.20. The molecule has 0 aromatic carbocycles. The molecule has 1 aromatic heterocycles. The number of ether oxygens (including phenoxy) is 1. The zero-order valence-corrected chi connectivity index (χ0v) is 9.20. The molecule has 17 heavy (non-hydrogen) atoms. The minimum absolute atomic E-state index is 0.401. The zero-order valence-electron chi connectivity index (χ0n) is 7.62. The summed E-state index contributed by atoms with van der Waals surface area (Å²) in [5, 5.41) is 0. The third kappa shape index (κ3) is 3.60. The molecule has 0 atom stereocenters. The molecule has 0 unspecified atom stereocenters. The van der Waals surface area contributed by atoms with Crippen molar-refractivity contribution in [3.63, 3.8) is 0 Å². The van der Waals surface area contributed by atoms with Crippen molar-refractivity contribution >= 4 is 25.4 Å². The van der Waals surface area contributed by atoms with Gasteiger partial charge in [-0.15, -0.1) is 13.2 Å². The summed E-state index contributed by atoms with van der Waals surface area (Å²) in [6.45, 7) is 0. The summed E-state index contributed by atoms with van der Waals surface area (Å²) in [7, 11) is 0.172. The molecule has 2 N–H and O–H groups in total. The molecule has 0 aliphatic heterocycles. The molecule has 11 heteroatoms. The molecule has 1 rings (SSSR count). The van der Waals surface area contributed by atoms with E-state index in [1.54, 1.807) is 0 Å². The maximum atomic E-state index is 12.7. The lowest BCUT2D eigenvalue weighted by Gasteiger charge is -2.11. The van der Waals surface area contributed by atoms with Crippen LogP contribution < -0.4 is 10.5 Å². The third-order valence-corrected chi connectivity index (χ3v) is 2.76. The molecule has 96 valence electrons. The topological polar surface area (TPSA) is 82.3 Å². The highest BCUT2D eigenvalue weighted by Gasteiger charge is 2.36. The van der Waals surface area contributed by atoms with E-state index in [-0.39, 0.29) is 0 Å². The minimum Gasteiger partial charge on any atom is -0.397 e. The molecule has 0 aliphatic carbocycles. The van der Waals surface area contributed by atoms with Gasteiger partial charge in [0, 0.05) is 16.7 Å². The lowest BCUT2D eigenvalue weighted by molar-refractivity contribution is -0.277. The van der Waals surface area contributed by atoms with E-state index in [0.717, 1.165) is 0 Å². The number of halogens is 5. The van der Waals surface area contributed by atoms with E-state index in [1.165, 1.54) is 0 Å². The number of hydrogen-bond donors (Lipinski definition) is 1. The van der Waals surface area contributed by atoms with Gasteiger partial charge in [-0.25, -0.2) is 8.42 Å². The average Bonchev–Trinajstić information content (AvgIpc) is 1.94. The summed E-state index contributed by atoms with van der Waals surface area (Å²) in [5.74, 6) is -3.00. The Kier molecular flexibility index (Phi) is 3.39. The molecule has 1 aromatic rings. The summed E-state index contributed by atoms with van der Waals surface area (Å²) in [6.07, 6.45) is -5.26. The largest absolute Gasteiger partial charge is 0.574 e. The fourth-order valence-electron chi connectivity index (χ4n) is 0.921. The molecule has 0 spiro atoms. The lowest BCUT2D eigenvalue weighted by Crippen LogP contribution is -2.20. The van der Waals surface area contributed by atoms with Crippen LogP contribution in [-0.4, -0.2) is 19.8 Å². The van der Waals surface area contributed by atoms with E-state index >= 15 is 0 Å². The van der Waals surface area contributed by atoms with Crippen molar-refractivity contribution in [1.29, 1.82) is 0 Å². The Bertz CT molecular complexity index is 545. The Hall–Kier alpha value is -1.29. The fourth-order valence-corrected chi connectivity index (χ4v) is 2.02. The summed E-state index contributed by atoms with van der Waals surface area (Å²) in [4.78, 5) is 1.40. The summed E-state index contributed by atoms with van der Waals surface area (Å²) < 4.78 is 73.5. The van der Waals surface area contributed by atoms with Gasteiger partial charge in [-0.2, -0.15) is 9.37 Å². The molecule has 1 heterocycles. The predicted molar refractivity (Wildman–Crippen MR) is 48.3 cm³/mol. The van der Waals surface area contributed by atoms with Crippen LogP contribution in [0.1, 0.15) is 0 Å². The van der Waals surface area contributed by atoms with Crippen LogP contribution in [0.2, 0.25) is 0 Å². The van der Waals surface area contributed by atoms with Crippen molar-refractivity contribution in [2.45, 2.75) is 11.3 Å². The van der Waals surface area contributed by atoms with Gasteiger partial charge in [0.1, 0.15) is 0 Å². The Morgan fingerprint density at radius 2 is 1.94 bits per heavy atom. The lowest BCUT2D eigenvalue weighted by atomic mass is 10.4. The van der Waals surface area contributed by atoms with Crippen LogP contribution in [0.3, 0.4) is 0 Å². The molecule has 0 saturated carbocycles. The zero-order chi connectivity index (χ0) is 13.4. The Morgan fingerprint density at radius 3 is 2.35 bits per heavy atom. The fraction of sp³-hybridized carbons (Fsp3) is 0.167. The first-order valence-corrected chi connectivity index (χ1v) is 5.98. The van der Waals surface area contributed by atoms with Crippen LogP contribution in [0.4, 0.5) is 23.2 Å². The van der Waals surface area contributed by atoms with Crippen molar-refractivity contribution in [3.8, 4) is 5.88 Å². The number of pyridine rings is 1. The molecule has 0 radical (unpaired) electrons. The Labute approximate surface area is 96.6 Å². The second-order valence-corrected chi connectivity index (χ2v) is 5.16. The summed E-state index contributed by atoms with van der Waals surface area (Å²) >= 11 is 0. The van der Waals surface area contributed by atoms with Gasteiger partial charge < -0.3 is 10.5 Å². The number of hydrogen-bond acceptors (Lipinski definition) is 5. The molecular weight excluding hydrogens is 292 g/mol. The predicted octanol–water partition coefficient (Wildman–Crippen LogP) is 1.63. The van der Waals surface area contributed by atoms with Crippen LogP contribution in [0.5, 0.6) is 5.88 Å². The van der Waals surface area contributed by atoms with E-state index < -0.39 is 37.8 Å². The van der Waals surface area contributed by atoms with Gasteiger partial charge in [0.15, 0.2) is 4.90 Å². The molecule has 5 nitrogen and oxygen atoms in total. The highest BCUT2D eigenvalue weighted by molar-refractivity contribution is 8.14. The van der Waals surface area contributed by atoms with Crippen molar-refractivity contribution < 1.29 is 30.7 Å². The normalized spacial score (nSPS) is 12.5. The molecular formula is C6H3ClF4N2O3S.